The highest BCUT2D eigenvalue weighted by atomic mass is 16.4. The number of hydrogen-bond donors (Lipinski definition) is 3. The van der Waals surface area contributed by atoms with Gasteiger partial charge >= 0.3 is 5.97 Å². The SMILES string of the molecule is CC(=CC(=O)O)CCC1C(O)(C=O)CCC2C(C)(C)C(O)CCC12C. The first-order chi connectivity index (χ1) is 11.5. The summed E-state index contributed by atoms with van der Waals surface area (Å²) in [6, 6.07) is 0. The lowest BCUT2D eigenvalue weighted by Crippen LogP contribution is -2.61. The van der Waals surface area contributed by atoms with E-state index in [9.17, 15) is 19.8 Å². The molecule has 0 aromatic rings. The van der Waals surface area contributed by atoms with Crippen molar-refractivity contribution in [1.29, 1.82) is 0 Å². The number of fused-ring (bicyclic) bond motifs is 1. The van der Waals surface area contributed by atoms with Gasteiger partial charge in [0.25, 0.3) is 0 Å². The van der Waals surface area contributed by atoms with Gasteiger partial charge < -0.3 is 20.1 Å². The maximum Gasteiger partial charge on any atom is 0.328 e. The van der Waals surface area contributed by atoms with Crippen LogP contribution in [0.15, 0.2) is 11.6 Å². The number of carbonyl (C=O) groups excluding carboxylic acids is 1. The van der Waals surface area contributed by atoms with E-state index < -0.39 is 11.6 Å². The molecule has 5 atom stereocenters. The second-order valence-electron chi connectivity index (χ2n) is 9.00. The van der Waals surface area contributed by atoms with Crippen molar-refractivity contribution in [1.82, 2.24) is 0 Å². The minimum Gasteiger partial charge on any atom is -0.478 e. The number of aliphatic hydroxyl groups is 2. The molecular formula is C20H32O5. The largest absolute Gasteiger partial charge is 0.478 e. The standard InChI is InChI=1S/C20H32O5/c1-13(11-17(23)24)5-6-15-19(4)9-8-16(22)18(2,3)14(19)7-10-20(15,25)12-21/h11-12,14-16,22,25H,5-10H2,1-4H3,(H,23,24). The first-order valence-corrected chi connectivity index (χ1v) is 9.24. The highest BCUT2D eigenvalue weighted by molar-refractivity contribution is 5.80. The van der Waals surface area contributed by atoms with E-state index in [-0.39, 0.29) is 28.8 Å². The van der Waals surface area contributed by atoms with E-state index in [0.717, 1.165) is 18.4 Å². The molecule has 5 heteroatoms. The molecule has 5 nitrogen and oxygen atoms in total. The lowest BCUT2D eigenvalue weighted by atomic mass is 9.44. The third-order valence-corrected chi connectivity index (χ3v) is 7.14. The van der Waals surface area contributed by atoms with Crippen LogP contribution in [0.4, 0.5) is 0 Å². The van der Waals surface area contributed by atoms with Crippen molar-refractivity contribution >= 4 is 12.3 Å². The average molecular weight is 352 g/mol. The van der Waals surface area contributed by atoms with E-state index in [1.165, 1.54) is 6.08 Å². The Morgan fingerprint density at radius 2 is 1.84 bits per heavy atom. The number of carboxylic acid groups (broad SMARTS) is 1. The zero-order chi connectivity index (χ0) is 19.0. The Kier molecular flexibility index (Phi) is 5.50. The molecule has 2 fully saturated rings. The van der Waals surface area contributed by atoms with Crippen LogP contribution in [0.25, 0.3) is 0 Å². The van der Waals surface area contributed by atoms with Gasteiger partial charge in [0, 0.05) is 12.0 Å². The number of rotatable bonds is 5. The van der Waals surface area contributed by atoms with Crippen LogP contribution >= 0.6 is 0 Å². The molecule has 0 bridgehead atoms. The van der Waals surface area contributed by atoms with Gasteiger partial charge in [-0.05, 0) is 62.2 Å². The van der Waals surface area contributed by atoms with Crippen LogP contribution in [0.5, 0.6) is 0 Å². The van der Waals surface area contributed by atoms with E-state index in [4.69, 9.17) is 5.11 Å². The maximum absolute atomic E-state index is 11.7. The van der Waals surface area contributed by atoms with Crippen molar-refractivity contribution in [3.8, 4) is 0 Å². The van der Waals surface area contributed by atoms with Gasteiger partial charge in [-0.1, -0.05) is 26.3 Å². The monoisotopic (exact) mass is 352 g/mol. The van der Waals surface area contributed by atoms with Crippen molar-refractivity contribution in [2.75, 3.05) is 0 Å². The summed E-state index contributed by atoms with van der Waals surface area (Å²) in [6.07, 6.45) is 5.17. The molecule has 0 radical (unpaired) electrons. The minimum absolute atomic E-state index is 0.220. The van der Waals surface area contributed by atoms with Gasteiger partial charge in [-0.3, -0.25) is 0 Å². The zero-order valence-electron chi connectivity index (χ0n) is 15.8. The summed E-state index contributed by atoms with van der Waals surface area (Å²) in [7, 11) is 0. The quantitative estimate of drug-likeness (QED) is 0.522. The van der Waals surface area contributed by atoms with Gasteiger partial charge in [0.1, 0.15) is 5.60 Å². The van der Waals surface area contributed by atoms with Crippen LogP contribution in [0, 0.1) is 22.7 Å². The van der Waals surface area contributed by atoms with E-state index in [0.29, 0.717) is 32.0 Å². The van der Waals surface area contributed by atoms with Crippen LogP contribution in [-0.4, -0.2) is 39.3 Å². The van der Waals surface area contributed by atoms with Crippen LogP contribution < -0.4 is 0 Å². The summed E-state index contributed by atoms with van der Waals surface area (Å²) in [5, 5.41) is 30.4. The summed E-state index contributed by atoms with van der Waals surface area (Å²) in [5.74, 6) is -0.990. The molecule has 2 aliphatic rings. The fourth-order valence-electron chi connectivity index (χ4n) is 5.69. The minimum atomic E-state index is -1.37. The Bertz CT molecular complexity index is 566. The Morgan fingerprint density at radius 3 is 2.40 bits per heavy atom. The van der Waals surface area contributed by atoms with Crippen molar-refractivity contribution < 1.29 is 24.9 Å². The van der Waals surface area contributed by atoms with Crippen molar-refractivity contribution in [2.45, 2.75) is 77.9 Å². The number of hydrogen-bond acceptors (Lipinski definition) is 4. The number of carbonyl (C=O) groups is 2. The lowest BCUT2D eigenvalue weighted by Gasteiger charge is -2.62. The van der Waals surface area contributed by atoms with Crippen LogP contribution in [0.3, 0.4) is 0 Å². The average Bonchev–Trinajstić information content (AvgIpc) is 2.50. The van der Waals surface area contributed by atoms with Crippen LogP contribution in [0.2, 0.25) is 0 Å². The van der Waals surface area contributed by atoms with Crippen LogP contribution in [-0.2, 0) is 9.59 Å². The molecule has 5 unspecified atom stereocenters. The number of aliphatic hydroxyl groups excluding tert-OH is 1. The van der Waals surface area contributed by atoms with Gasteiger partial charge in [-0.2, -0.15) is 0 Å². The molecule has 0 aliphatic heterocycles. The smallest absolute Gasteiger partial charge is 0.328 e. The molecular weight excluding hydrogens is 320 g/mol. The summed E-state index contributed by atoms with van der Waals surface area (Å²) in [4.78, 5) is 22.6. The number of carboxylic acids is 1. The summed E-state index contributed by atoms with van der Waals surface area (Å²) < 4.78 is 0. The Labute approximate surface area is 150 Å². The fraction of sp³-hybridized carbons (Fsp3) is 0.800. The zero-order valence-corrected chi connectivity index (χ0v) is 15.8. The normalized spacial score (nSPS) is 41.0. The highest BCUT2D eigenvalue weighted by Gasteiger charge is 2.61. The van der Waals surface area contributed by atoms with Crippen molar-refractivity contribution in [3.63, 3.8) is 0 Å². The first-order valence-electron chi connectivity index (χ1n) is 9.24. The first kappa shape index (κ1) is 20.1. The molecule has 2 rings (SSSR count). The van der Waals surface area contributed by atoms with Crippen LogP contribution in [0.1, 0.15) is 66.2 Å². The van der Waals surface area contributed by atoms with E-state index in [1.807, 2.05) is 0 Å². The highest BCUT2D eigenvalue weighted by Crippen LogP contribution is 2.62. The summed E-state index contributed by atoms with van der Waals surface area (Å²) >= 11 is 0. The van der Waals surface area contributed by atoms with Gasteiger partial charge in [0.05, 0.1) is 6.10 Å². The molecule has 0 aromatic carbocycles. The topological polar surface area (TPSA) is 94.8 Å². The van der Waals surface area contributed by atoms with E-state index >= 15 is 0 Å². The van der Waals surface area contributed by atoms with Gasteiger partial charge in [-0.15, -0.1) is 0 Å². The lowest BCUT2D eigenvalue weighted by molar-refractivity contribution is -0.196. The summed E-state index contributed by atoms with van der Waals surface area (Å²) in [6.45, 7) is 8.07. The molecule has 142 valence electrons. The number of allylic oxidation sites excluding steroid dienone is 1. The molecule has 0 aromatic heterocycles. The van der Waals surface area contributed by atoms with E-state index in [1.54, 1.807) is 6.92 Å². The summed E-state index contributed by atoms with van der Waals surface area (Å²) in [5.41, 5.74) is -1.14. The number of aldehydes is 1. The third-order valence-electron chi connectivity index (χ3n) is 7.14. The molecule has 2 aliphatic carbocycles. The molecule has 0 heterocycles. The second kappa shape index (κ2) is 6.84. The van der Waals surface area contributed by atoms with Gasteiger partial charge in [-0.25, -0.2) is 4.79 Å². The van der Waals surface area contributed by atoms with Crippen molar-refractivity contribution in [2.24, 2.45) is 22.7 Å². The van der Waals surface area contributed by atoms with Gasteiger partial charge in [0.15, 0.2) is 6.29 Å². The molecule has 0 saturated heterocycles. The van der Waals surface area contributed by atoms with Crippen molar-refractivity contribution in [3.05, 3.63) is 11.6 Å². The second-order valence-corrected chi connectivity index (χ2v) is 9.00. The predicted octanol–water partition coefficient (Wildman–Crippen LogP) is 2.94. The molecule has 0 amide bonds. The number of aliphatic carboxylic acids is 1. The Hall–Kier alpha value is -1.20. The molecule has 3 N–H and O–H groups in total. The molecule has 0 spiro atoms. The third kappa shape index (κ3) is 3.54. The maximum atomic E-state index is 11.7. The Morgan fingerprint density at radius 1 is 1.20 bits per heavy atom. The fourth-order valence-corrected chi connectivity index (χ4v) is 5.69. The predicted molar refractivity (Wildman–Crippen MR) is 95.0 cm³/mol. The molecule has 25 heavy (non-hydrogen) atoms. The molecule has 2 saturated carbocycles. The van der Waals surface area contributed by atoms with Gasteiger partial charge in [0.2, 0.25) is 0 Å². The Balaban J connectivity index is 2.34. The van der Waals surface area contributed by atoms with E-state index in [2.05, 4.69) is 20.8 Å².